The molecule has 1 N–H and O–H groups in total. The van der Waals surface area contributed by atoms with E-state index in [0.717, 1.165) is 21.4 Å². The minimum absolute atomic E-state index is 0.382. The topological polar surface area (TPSA) is 57.8 Å². The zero-order chi connectivity index (χ0) is 14.9. The number of fused-ring (bicyclic) bond motifs is 1. The van der Waals surface area contributed by atoms with Crippen LogP contribution in [0.3, 0.4) is 0 Å². The smallest absolute Gasteiger partial charge is 0.307 e. The summed E-state index contributed by atoms with van der Waals surface area (Å²) in [5, 5.41) is 8.95. The van der Waals surface area contributed by atoms with E-state index in [1.54, 1.807) is 6.92 Å². The molecule has 0 fully saturated rings. The van der Waals surface area contributed by atoms with Gasteiger partial charge in [-0.2, -0.15) is 0 Å². The van der Waals surface area contributed by atoms with Crippen molar-refractivity contribution in [1.29, 1.82) is 0 Å². The van der Waals surface area contributed by atoms with Gasteiger partial charge in [-0.15, -0.1) is 0 Å². The number of aromatic nitrogens is 2. The van der Waals surface area contributed by atoms with Crippen molar-refractivity contribution in [2.45, 2.75) is 20.4 Å². The maximum Gasteiger partial charge on any atom is 0.307 e. The minimum atomic E-state index is -0.770. The molecule has 0 aliphatic heterocycles. The standard InChI is InChI=1S/C14H18BrN3O2/c1-9-4-11(15)7-18-12(5-16-13(9)18)8-17(3)6-10(2)14(19)20/h4-5,7,10H,6,8H2,1-3H3,(H,19,20). The summed E-state index contributed by atoms with van der Waals surface area (Å²) in [6.45, 7) is 4.91. The van der Waals surface area contributed by atoms with Crippen molar-refractivity contribution in [2.75, 3.05) is 13.6 Å². The fourth-order valence-electron chi connectivity index (χ4n) is 2.27. The second kappa shape index (κ2) is 5.93. The first kappa shape index (κ1) is 15.0. The Morgan fingerprint density at radius 2 is 2.30 bits per heavy atom. The molecule has 0 saturated heterocycles. The number of rotatable bonds is 5. The Kier molecular flexibility index (Phi) is 4.45. The van der Waals surface area contributed by atoms with Gasteiger partial charge in [-0.1, -0.05) is 6.92 Å². The molecular formula is C14H18BrN3O2. The number of aliphatic carboxylic acids is 1. The molecule has 0 saturated carbocycles. The van der Waals surface area contributed by atoms with Crippen LogP contribution < -0.4 is 0 Å². The van der Waals surface area contributed by atoms with Crippen molar-refractivity contribution >= 4 is 27.5 Å². The number of hydrogen-bond donors (Lipinski definition) is 1. The molecule has 5 nitrogen and oxygen atoms in total. The number of halogens is 1. The Balaban J connectivity index is 2.20. The molecule has 0 radical (unpaired) electrons. The molecule has 0 bridgehead atoms. The van der Waals surface area contributed by atoms with Gasteiger partial charge in [0.25, 0.3) is 0 Å². The van der Waals surface area contributed by atoms with Crippen LogP contribution in [-0.4, -0.2) is 39.0 Å². The van der Waals surface area contributed by atoms with E-state index in [1.807, 2.05) is 41.7 Å². The Bertz CT molecular complexity index is 639. The predicted octanol–water partition coefficient (Wildman–Crippen LogP) is 2.56. The molecule has 2 heterocycles. The van der Waals surface area contributed by atoms with E-state index in [-0.39, 0.29) is 5.92 Å². The quantitative estimate of drug-likeness (QED) is 0.909. The van der Waals surface area contributed by atoms with Crippen LogP contribution in [0.1, 0.15) is 18.2 Å². The number of carboxylic acid groups (broad SMARTS) is 1. The first-order valence-electron chi connectivity index (χ1n) is 6.42. The molecule has 0 amide bonds. The molecule has 6 heteroatoms. The molecule has 108 valence electrons. The van der Waals surface area contributed by atoms with Crippen molar-refractivity contribution in [3.8, 4) is 0 Å². The molecule has 1 unspecified atom stereocenters. The zero-order valence-electron chi connectivity index (χ0n) is 11.8. The first-order chi connectivity index (χ1) is 9.38. The van der Waals surface area contributed by atoms with Gasteiger partial charge in [0.2, 0.25) is 0 Å². The Morgan fingerprint density at radius 3 is 2.95 bits per heavy atom. The van der Waals surface area contributed by atoms with Crippen LogP contribution in [0.5, 0.6) is 0 Å². The highest BCUT2D eigenvalue weighted by molar-refractivity contribution is 9.10. The maximum atomic E-state index is 10.9. The summed E-state index contributed by atoms with van der Waals surface area (Å²) in [6.07, 6.45) is 3.83. The SMILES string of the molecule is Cc1cc(Br)cn2c(CN(C)CC(C)C(=O)O)cnc12. The van der Waals surface area contributed by atoms with Crippen LogP contribution in [0.15, 0.2) is 22.9 Å². The summed E-state index contributed by atoms with van der Waals surface area (Å²) in [7, 11) is 1.92. The molecular weight excluding hydrogens is 322 g/mol. The second-order valence-corrected chi connectivity index (χ2v) is 6.14. The summed E-state index contributed by atoms with van der Waals surface area (Å²) in [6, 6.07) is 2.03. The van der Waals surface area contributed by atoms with Gasteiger partial charge in [0.15, 0.2) is 0 Å². The summed E-state index contributed by atoms with van der Waals surface area (Å²) in [5.74, 6) is -1.15. The lowest BCUT2D eigenvalue weighted by atomic mass is 10.2. The first-order valence-corrected chi connectivity index (χ1v) is 7.21. The van der Waals surface area contributed by atoms with Gasteiger partial charge < -0.3 is 9.51 Å². The van der Waals surface area contributed by atoms with Crippen LogP contribution in [0, 0.1) is 12.8 Å². The van der Waals surface area contributed by atoms with Crippen molar-refractivity contribution in [2.24, 2.45) is 5.92 Å². The summed E-state index contributed by atoms with van der Waals surface area (Å²) < 4.78 is 3.05. The van der Waals surface area contributed by atoms with Crippen LogP contribution in [0.2, 0.25) is 0 Å². The third-order valence-corrected chi connectivity index (χ3v) is 3.71. The lowest BCUT2D eigenvalue weighted by molar-refractivity contribution is -0.141. The van der Waals surface area contributed by atoms with Gasteiger partial charge in [-0.25, -0.2) is 4.98 Å². The summed E-state index contributed by atoms with van der Waals surface area (Å²) >= 11 is 3.49. The van der Waals surface area contributed by atoms with Crippen LogP contribution >= 0.6 is 15.9 Å². The maximum absolute atomic E-state index is 10.9. The lowest BCUT2D eigenvalue weighted by Crippen LogP contribution is -2.28. The highest BCUT2D eigenvalue weighted by Gasteiger charge is 2.15. The molecule has 2 aromatic rings. The predicted molar refractivity (Wildman–Crippen MR) is 80.8 cm³/mol. The molecule has 2 aromatic heterocycles. The van der Waals surface area contributed by atoms with Crippen molar-refractivity contribution in [1.82, 2.24) is 14.3 Å². The fourth-order valence-corrected chi connectivity index (χ4v) is 2.82. The van der Waals surface area contributed by atoms with E-state index in [1.165, 1.54) is 0 Å². The molecule has 2 rings (SSSR count). The largest absolute Gasteiger partial charge is 0.481 e. The molecule has 0 aliphatic carbocycles. The summed E-state index contributed by atoms with van der Waals surface area (Å²) in [4.78, 5) is 17.3. The molecule has 20 heavy (non-hydrogen) atoms. The molecule has 1 atom stereocenters. The Morgan fingerprint density at radius 1 is 1.60 bits per heavy atom. The molecule has 0 spiro atoms. The number of pyridine rings is 1. The minimum Gasteiger partial charge on any atom is -0.481 e. The Hall–Kier alpha value is -1.40. The third-order valence-electron chi connectivity index (χ3n) is 3.27. The van der Waals surface area contributed by atoms with E-state index in [0.29, 0.717) is 13.1 Å². The van der Waals surface area contributed by atoms with Gasteiger partial charge in [0, 0.05) is 23.8 Å². The number of aryl methyl sites for hydroxylation is 1. The van der Waals surface area contributed by atoms with E-state index in [4.69, 9.17) is 5.11 Å². The van der Waals surface area contributed by atoms with Gasteiger partial charge in [0.05, 0.1) is 17.8 Å². The summed E-state index contributed by atoms with van der Waals surface area (Å²) in [5.41, 5.74) is 3.08. The van der Waals surface area contributed by atoms with Crippen molar-refractivity contribution in [3.63, 3.8) is 0 Å². The van der Waals surface area contributed by atoms with Crippen molar-refractivity contribution < 1.29 is 9.90 Å². The van der Waals surface area contributed by atoms with Crippen LogP contribution in [0.4, 0.5) is 0 Å². The highest BCUT2D eigenvalue weighted by atomic mass is 79.9. The van der Waals surface area contributed by atoms with Crippen LogP contribution in [0.25, 0.3) is 5.65 Å². The van der Waals surface area contributed by atoms with Gasteiger partial charge in [0.1, 0.15) is 5.65 Å². The number of nitrogens with zero attached hydrogens (tertiary/aromatic N) is 3. The fraction of sp³-hybridized carbons (Fsp3) is 0.429. The van der Waals surface area contributed by atoms with E-state index >= 15 is 0 Å². The normalized spacial score (nSPS) is 13.1. The lowest BCUT2D eigenvalue weighted by Gasteiger charge is -2.18. The third kappa shape index (κ3) is 3.19. The number of imidazole rings is 1. The molecule has 0 aromatic carbocycles. The van der Waals surface area contributed by atoms with Gasteiger partial charge in [-0.3, -0.25) is 9.69 Å². The average Bonchev–Trinajstić information content (AvgIpc) is 2.72. The van der Waals surface area contributed by atoms with E-state index < -0.39 is 5.97 Å². The van der Waals surface area contributed by atoms with Crippen LogP contribution in [-0.2, 0) is 11.3 Å². The second-order valence-electron chi connectivity index (χ2n) is 5.22. The highest BCUT2D eigenvalue weighted by Crippen LogP contribution is 2.18. The number of carboxylic acids is 1. The monoisotopic (exact) mass is 339 g/mol. The number of hydrogen-bond acceptors (Lipinski definition) is 3. The molecule has 0 aliphatic rings. The van der Waals surface area contributed by atoms with Gasteiger partial charge in [-0.05, 0) is 41.5 Å². The van der Waals surface area contributed by atoms with Crippen molar-refractivity contribution in [3.05, 3.63) is 34.2 Å². The Labute approximate surface area is 126 Å². The van der Waals surface area contributed by atoms with Gasteiger partial charge >= 0.3 is 5.97 Å². The zero-order valence-corrected chi connectivity index (χ0v) is 13.4. The average molecular weight is 340 g/mol. The van der Waals surface area contributed by atoms with E-state index in [9.17, 15) is 4.79 Å². The number of carbonyl (C=O) groups is 1. The van der Waals surface area contributed by atoms with E-state index in [2.05, 4.69) is 20.9 Å².